The number of ether oxygens (including phenoxy) is 2. The van der Waals surface area contributed by atoms with Crippen molar-refractivity contribution in [3.63, 3.8) is 0 Å². The number of esters is 1. The van der Waals surface area contributed by atoms with Gasteiger partial charge in [-0.25, -0.2) is 13.9 Å². The van der Waals surface area contributed by atoms with Crippen molar-refractivity contribution in [1.82, 2.24) is 9.78 Å². The molecule has 4 aliphatic rings. The maximum Gasteiger partial charge on any atom is 0.375 e. The van der Waals surface area contributed by atoms with E-state index in [0.717, 1.165) is 41.5 Å². The van der Waals surface area contributed by atoms with E-state index in [2.05, 4.69) is 19.6 Å². The molecule has 49 heavy (non-hydrogen) atoms. The van der Waals surface area contributed by atoms with Gasteiger partial charge in [-0.05, 0) is 104 Å². The number of carbonyl (C=O) groups excluding carboxylic acids is 2. The molecule has 1 aromatic carbocycles. The SMILES string of the molecule is C=CCOCc1cc(-n2ncc3c2C=C2CC[C@@H]4[C@H]([C@@H](O)C[C@@]5(C)[C@H]4CC[C@]5(OC(=O)c4ccco4)C(=O)SCC#N)[C@@]2(C)C3)ccc1F. The zero-order valence-corrected chi connectivity index (χ0v) is 28.5. The van der Waals surface area contributed by atoms with Gasteiger partial charge in [-0.3, -0.25) is 4.79 Å². The molecule has 2 heterocycles. The molecule has 9 nitrogen and oxygen atoms in total. The Balaban J connectivity index is 1.20. The molecular formula is C38H40FN3O6S. The van der Waals surface area contributed by atoms with Crippen LogP contribution in [-0.4, -0.2) is 50.0 Å². The molecule has 4 aliphatic carbocycles. The maximum absolute atomic E-state index is 14.6. The molecule has 0 saturated heterocycles. The van der Waals surface area contributed by atoms with Gasteiger partial charge in [0.15, 0.2) is 5.60 Å². The van der Waals surface area contributed by atoms with E-state index < -0.39 is 23.1 Å². The average molecular weight is 686 g/mol. The number of aliphatic hydroxyl groups excluding tert-OH is 1. The van der Waals surface area contributed by atoms with E-state index in [1.165, 1.54) is 24.0 Å². The zero-order chi connectivity index (χ0) is 34.6. The second-order valence-electron chi connectivity index (χ2n) is 14.3. The molecule has 0 radical (unpaired) electrons. The Morgan fingerprint density at radius 3 is 2.90 bits per heavy atom. The molecule has 0 unspecified atom stereocenters. The number of thioether (sulfide) groups is 1. The smallest absolute Gasteiger partial charge is 0.375 e. The fraction of sp³-hybridized carbons (Fsp3) is 0.474. The molecule has 7 atom stereocenters. The van der Waals surface area contributed by atoms with Crippen LogP contribution in [0, 0.1) is 45.7 Å². The first-order valence-corrected chi connectivity index (χ1v) is 17.8. The Kier molecular flexibility index (Phi) is 8.70. The second kappa shape index (κ2) is 12.7. The lowest BCUT2D eigenvalue weighted by Gasteiger charge is -2.60. The Morgan fingerprint density at radius 2 is 2.14 bits per heavy atom. The molecule has 7 rings (SSSR count). The number of benzene rings is 1. The minimum atomic E-state index is -1.50. The summed E-state index contributed by atoms with van der Waals surface area (Å²) < 4.78 is 33.5. The third-order valence-electron chi connectivity index (χ3n) is 11.9. The average Bonchev–Trinajstić information content (AvgIpc) is 3.82. The second-order valence-corrected chi connectivity index (χ2v) is 15.2. The fourth-order valence-electron chi connectivity index (χ4n) is 9.80. The van der Waals surface area contributed by atoms with Gasteiger partial charge in [0.1, 0.15) is 5.82 Å². The first kappa shape index (κ1) is 33.5. The van der Waals surface area contributed by atoms with E-state index in [0.29, 0.717) is 31.4 Å². The highest BCUT2D eigenvalue weighted by molar-refractivity contribution is 8.14. The molecule has 1 N–H and O–H groups in total. The molecule has 0 aliphatic heterocycles. The number of carbonyl (C=O) groups is 2. The molecule has 3 fully saturated rings. The first-order valence-electron chi connectivity index (χ1n) is 16.8. The van der Waals surface area contributed by atoms with Crippen LogP contribution in [0.2, 0.25) is 0 Å². The third kappa shape index (κ3) is 5.31. The standard InChI is InChI=1S/C38H40FN3O6S/c1-4-14-46-22-23-17-26(8-10-29(23)39)42-30-18-25-7-9-27-28-11-12-38(35(45)49-16-13-40,48-34(44)32-6-5-15-47-32)37(28,3)20-31(43)33(27)36(25,2)19-24(30)21-41-42/h4-6,8,10,15,17-18,21,27-28,31,33,43H,1,7,9,11-12,14,16,19-20,22H2,2-3H3/t27-,28-,31-,33+,36-,37-,38-/m0/s1. The van der Waals surface area contributed by atoms with Crippen LogP contribution in [0.1, 0.15) is 73.3 Å². The highest BCUT2D eigenvalue weighted by Crippen LogP contribution is 2.69. The molecular weight excluding hydrogens is 645 g/mol. The summed E-state index contributed by atoms with van der Waals surface area (Å²) in [7, 11) is 0. The van der Waals surface area contributed by atoms with E-state index in [1.807, 2.05) is 23.9 Å². The number of furan rings is 1. The monoisotopic (exact) mass is 685 g/mol. The van der Waals surface area contributed by atoms with Gasteiger partial charge < -0.3 is 19.0 Å². The predicted molar refractivity (Wildman–Crippen MR) is 181 cm³/mol. The van der Waals surface area contributed by atoms with Crippen LogP contribution in [0.15, 0.2) is 65.4 Å². The molecule has 256 valence electrons. The number of nitrogens with zero attached hydrogens (tertiary/aromatic N) is 3. The largest absolute Gasteiger partial charge is 0.457 e. The van der Waals surface area contributed by atoms with Gasteiger partial charge in [-0.2, -0.15) is 10.4 Å². The summed E-state index contributed by atoms with van der Waals surface area (Å²) in [5.41, 5.74) is 1.74. The van der Waals surface area contributed by atoms with Crippen molar-refractivity contribution in [1.29, 1.82) is 5.26 Å². The number of allylic oxidation sites excluding steroid dienone is 1. The molecule has 0 bridgehead atoms. The van der Waals surface area contributed by atoms with Crippen molar-refractivity contribution in [2.75, 3.05) is 12.4 Å². The zero-order valence-electron chi connectivity index (χ0n) is 27.7. The van der Waals surface area contributed by atoms with Crippen LogP contribution < -0.4 is 0 Å². The summed E-state index contributed by atoms with van der Waals surface area (Å²) in [6.07, 6.45) is 9.89. The fourth-order valence-corrected chi connectivity index (χ4v) is 10.6. The normalized spacial score (nSPS) is 31.4. The molecule has 0 amide bonds. The van der Waals surface area contributed by atoms with Gasteiger partial charge >= 0.3 is 5.97 Å². The number of nitriles is 1. The first-order chi connectivity index (χ1) is 23.6. The Hall–Kier alpha value is -3.98. The lowest BCUT2D eigenvalue weighted by molar-refractivity contribution is -0.175. The number of halogens is 1. The molecule has 2 aromatic heterocycles. The minimum absolute atomic E-state index is 0.00939. The van der Waals surface area contributed by atoms with Crippen LogP contribution in [-0.2, 0) is 27.3 Å². The van der Waals surface area contributed by atoms with Gasteiger partial charge in [0, 0.05) is 11.0 Å². The minimum Gasteiger partial charge on any atom is -0.457 e. The molecule has 0 spiro atoms. The van der Waals surface area contributed by atoms with Crippen LogP contribution in [0.4, 0.5) is 4.39 Å². The summed E-state index contributed by atoms with van der Waals surface area (Å²) >= 11 is 0.874. The lowest BCUT2D eigenvalue weighted by atomic mass is 9.45. The van der Waals surface area contributed by atoms with E-state index in [1.54, 1.807) is 24.3 Å². The van der Waals surface area contributed by atoms with Crippen molar-refractivity contribution in [2.24, 2.45) is 28.6 Å². The highest BCUT2D eigenvalue weighted by Gasteiger charge is 2.70. The van der Waals surface area contributed by atoms with Gasteiger partial charge in [0.2, 0.25) is 10.9 Å². The number of hydrogen-bond acceptors (Lipinski definition) is 9. The van der Waals surface area contributed by atoms with Crippen LogP contribution >= 0.6 is 11.8 Å². The molecule has 11 heteroatoms. The van der Waals surface area contributed by atoms with Crippen molar-refractivity contribution in [2.45, 2.75) is 70.7 Å². The molecule has 3 aromatic rings. The summed E-state index contributed by atoms with van der Waals surface area (Å²) in [5, 5.41) is 25.8. The van der Waals surface area contributed by atoms with Crippen molar-refractivity contribution >= 4 is 28.9 Å². The summed E-state index contributed by atoms with van der Waals surface area (Å²) in [6, 6.07) is 10.0. The lowest BCUT2D eigenvalue weighted by Crippen LogP contribution is -2.62. The number of aliphatic hydroxyl groups is 1. The third-order valence-corrected chi connectivity index (χ3v) is 12.8. The van der Waals surface area contributed by atoms with Crippen LogP contribution in [0.5, 0.6) is 0 Å². The Labute approximate surface area is 289 Å². The van der Waals surface area contributed by atoms with E-state index in [4.69, 9.17) is 19.0 Å². The summed E-state index contributed by atoms with van der Waals surface area (Å²) in [6.45, 7) is 8.33. The number of aromatic nitrogens is 2. The highest BCUT2D eigenvalue weighted by atomic mass is 32.2. The predicted octanol–water partition coefficient (Wildman–Crippen LogP) is 6.84. The van der Waals surface area contributed by atoms with Gasteiger partial charge in [-0.15, -0.1) is 6.58 Å². The Morgan fingerprint density at radius 1 is 1.31 bits per heavy atom. The van der Waals surface area contributed by atoms with Gasteiger partial charge in [0.05, 0.1) is 55.0 Å². The van der Waals surface area contributed by atoms with Crippen molar-refractivity contribution in [3.8, 4) is 11.8 Å². The van der Waals surface area contributed by atoms with Gasteiger partial charge in [-0.1, -0.05) is 37.3 Å². The Bertz CT molecular complexity index is 1860. The number of fused-ring (bicyclic) bond motifs is 6. The van der Waals surface area contributed by atoms with Crippen molar-refractivity contribution < 1.29 is 33.0 Å². The van der Waals surface area contributed by atoms with Crippen LogP contribution in [0.25, 0.3) is 11.8 Å². The van der Waals surface area contributed by atoms with E-state index in [9.17, 15) is 24.3 Å². The molecule has 3 saturated carbocycles. The van der Waals surface area contributed by atoms with E-state index >= 15 is 0 Å². The topological polar surface area (TPSA) is 128 Å². The quantitative estimate of drug-likeness (QED) is 0.146. The summed E-state index contributed by atoms with van der Waals surface area (Å²) in [4.78, 5) is 27.3. The number of rotatable bonds is 9. The van der Waals surface area contributed by atoms with Crippen LogP contribution in [0.3, 0.4) is 0 Å². The van der Waals surface area contributed by atoms with E-state index in [-0.39, 0.29) is 58.6 Å². The van der Waals surface area contributed by atoms with Crippen molar-refractivity contribution in [3.05, 3.63) is 89.4 Å². The maximum atomic E-state index is 14.6. The number of hydrogen-bond donors (Lipinski definition) is 1. The van der Waals surface area contributed by atoms with Gasteiger partial charge in [0.25, 0.3) is 0 Å². The summed E-state index contributed by atoms with van der Waals surface area (Å²) in [5.74, 6) is -1.09.